The minimum Gasteiger partial charge on any atom is -0.275 e. The summed E-state index contributed by atoms with van der Waals surface area (Å²) in [7, 11) is 0. The number of hydrogen-bond donors (Lipinski definition) is 1. The number of hydroxylamine groups is 1. The fourth-order valence-electron chi connectivity index (χ4n) is 1.29. The summed E-state index contributed by atoms with van der Waals surface area (Å²) in [4.78, 5) is 8.82. The number of alkyl halides is 3. The predicted octanol–water partition coefficient (Wildman–Crippen LogP) is 4.34. The van der Waals surface area contributed by atoms with Gasteiger partial charge in [0, 0.05) is 5.02 Å². The third kappa shape index (κ3) is 5.08. The monoisotopic (exact) mass is 294 g/mol. The fraction of sp³-hybridized carbons (Fsp3) is 0.417. The van der Waals surface area contributed by atoms with E-state index in [9.17, 15) is 13.2 Å². The Kier molecular flexibility index (Phi) is 5.62. The van der Waals surface area contributed by atoms with Crippen molar-refractivity contribution in [3.8, 4) is 0 Å². The molecule has 0 aliphatic heterocycles. The van der Waals surface area contributed by atoms with Crippen molar-refractivity contribution in [1.82, 2.24) is 5.48 Å². The Hall–Kier alpha value is -1.27. The predicted molar refractivity (Wildman–Crippen MR) is 68.6 cm³/mol. The largest absolute Gasteiger partial charge is 0.418 e. The summed E-state index contributed by atoms with van der Waals surface area (Å²) in [5.74, 6) is 0.237. The van der Waals surface area contributed by atoms with Gasteiger partial charge in [-0.2, -0.15) is 13.2 Å². The quantitative estimate of drug-likeness (QED) is 0.388. The van der Waals surface area contributed by atoms with Crippen LogP contribution in [-0.2, 0) is 11.0 Å². The standard InChI is InChI=1S/C12H14ClF3N2O/c1-3-6-19-18-8(2)17-11-5-4-9(13)7-10(11)12(14,15)16/h4-5,7H,3,6H2,1-2H3,(H,17,18). The second-order valence-corrected chi connectivity index (χ2v) is 4.24. The molecule has 19 heavy (non-hydrogen) atoms. The fourth-order valence-corrected chi connectivity index (χ4v) is 1.47. The molecule has 3 nitrogen and oxygen atoms in total. The van der Waals surface area contributed by atoms with Crippen molar-refractivity contribution >= 4 is 23.1 Å². The van der Waals surface area contributed by atoms with Crippen LogP contribution in [0.5, 0.6) is 0 Å². The lowest BCUT2D eigenvalue weighted by atomic mass is 10.2. The average Bonchev–Trinajstić information content (AvgIpc) is 2.30. The van der Waals surface area contributed by atoms with Gasteiger partial charge in [-0.1, -0.05) is 18.5 Å². The summed E-state index contributed by atoms with van der Waals surface area (Å²) in [5.41, 5.74) is 1.39. The van der Waals surface area contributed by atoms with E-state index in [2.05, 4.69) is 10.5 Å². The van der Waals surface area contributed by atoms with Crippen LogP contribution in [0.3, 0.4) is 0 Å². The highest BCUT2D eigenvalue weighted by atomic mass is 35.5. The van der Waals surface area contributed by atoms with Gasteiger partial charge in [0.2, 0.25) is 0 Å². The van der Waals surface area contributed by atoms with E-state index in [4.69, 9.17) is 16.4 Å². The molecule has 7 heteroatoms. The molecule has 0 spiro atoms. The Labute approximate surface area is 114 Å². The molecule has 0 saturated heterocycles. The molecule has 0 aromatic heterocycles. The van der Waals surface area contributed by atoms with Crippen LogP contribution in [0.1, 0.15) is 25.8 Å². The third-order valence-electron chi connectivity index (χ3n) is 2.08. The number of nitrogens with zero attached hydrogens (tertiary/aromatic N) is 1. The van der Waals surface area contributed by atoms with E-state index in [1.54, 1.807) is 0 Å². The van der Waals surface area contributed by atoms with Crippen molar-refractivity contribution in [3.05, 3.63) is 28.8 Å². The minimum atomic E-state index is -4.51. The van der Waals surface area contributed by atoms with Gasteiger partial charge in [0.1, 0.15) is 5.84 Å². The maximum Gasteiger partial charge on any atom is 0.418 e. The van der Waals surface area contributed by atoms with Gasteiger partial charge in [-0.05, 0) is 31.5 Å². The van der Waals surface area contributed by atoms with Crippen LogP contribution in [0, 0.1) is 0 Å². The molecule has 0 amide bonds. The van der Waals surface area contributed by atoms with Gasteiger partial charge in [-0.3, -0.25) is 10.3 Å². The second kappa shape index (κ2) is 6.77. The van der Waals surface area contributed by atoms with E-state index in [0.29, 0.717) is 6.61 Å². The highest BCUT2D eigenvalue weighted by Crippen LogP contribution is 2.37. The molecule has 0 bridgehead atoms. The van der Waals surface area contributed by atoms with Gasteiger partial charge in [-0.15, -0.1) is 0 Å². The first-order valence-corrected chi connectivity index (χ1v) is 6.02. The number of rotatable bonds is 4. The van der Waals surface area contributed by atoms with E-state index in [1.807, 2.05) is 6.92 Å². The van der Waals surface area contributed by atoms with E-state index in [1.165, 1.54) is 19.1 Å². The summed E-state index contributed by atoms with van der Waals surface area (Å²) < 4.78 is 38.4. The number of halogens is 4. The van der Waals surface area contributed by atoms with Crippen molar-refractivity contribution < 1.29 is 18.0 Å². The highest BCUT2D eigenvalue weighted by molar-refractivity contribution is 6.30. The molecular formula is C12H14ClF3N2O. The van der Waals surface area contributed by atoms with Crippen molar-refractivity contribution in [3.63, 3.8) is 0 Å². The lowest BCUT2D eigenvalue weighted by molar-refractivity contribution is -0.137. The minimum absolute atomic E-state index is 0.0131. The van der Waals surface area contributed by atoms with Crippen LogP contribution in [0.25, 0.3) is 0 Å². The van der Waals surface area contributed by atoms with Gasteiger partial charge < -0.3 is 0 Å². The first kappa shape index (κ1) is 15.8. The summed E-state index contributed by atoms with van der Waals surface area (Å²) in [5, 5.41) is 0.0131. The Morgan fingerprint density at radius 1 is 1.42 bits per heavy atom. The maximum atomic E-state index is 12.8. The van der Waals surface area contributed by atoms with Crippen LogP contribution < -0.4 is 5.48 Å². The maximum absolute atomic E-state index is 12.8. The summed E-state index contributed by atoms with van der Waals surface area (Å²) in [6.07, 6.45) is -3.72. The normalized spacial score (nSPS) is 12.6. The zero-order valence-electron chi connectivity index (χ0n) is 10.5. The van der Waals surface area contributed by atoms with Crippen LogP contribution in [0.2, 0.25) is 5.02 Å². The Morgan fingerprint density at radius 2 is 2.11 bits per heavy atom. The van der Waals surface area contributed by atoms with Crippen LogP contribution >= 0.6 is 11.6 Å². The molecule has 0 aliphatic rings. The zero-order chi connectivity index (χ0) is 14.5. The number of benzene rings is 1. The van der Waals surface area contributed by atoms with Crippen LogP contribution in [-0.4, -0.2) is 12.4 Å². The van der Waals surface area contributed by atoms with E-state index >= 15 is 0 Å². The van der Waals surface area contributed by atoms with E-state index in [0.717, 1.165) is 12.5 Å². The summed E-state index contributed by atoms with van der Waals surface area (Å²) in [6.45, 7) is 3.87. The Morgan fingerprint density at radius 3 is 2.68 bits per heavy atom. The summed E-state index contributed by atoms with van der Waals surface area (Å²) >= 11 is 5.57. The molecule has 1 aromatic rings. The molecule has 0 heterocycles. The first-order valence-electron chi connectivity index (χ1n) is 5.64. The smallest absolute Gasteiger partial charge is 0.275 e. The lowest BCUT2D eigenvalue weighted by Gasteiger charge is -2.11. The second-order valence-electron chi connectivity index (χ2n) is 3.81. The summed E-state index contributed by atoms with van der Waals surface area (Å²) in [6, 6.07) is 3.42. The number of amidine groups is 1. The van der Waals surface area contributed by atoms with Gasteiger partial charge in [-0.25, -0.2) is 4.99 Å². The topological polar surface area (TPSA) is 33.6 Å². The average molecular weight is 295 g/mol. The Bertz CT molecular complexity index is 461. The molecular weight excluding hydrogens is 281 g/mol. The molecule has 0 unspecified atom stereocenters. The molecule has 0 radical (unpaired) electrons. The van der Waals surface area contributed by atoms with Gasteiger partial charge >= 0.3 is 6.18 Å². The van der Waals surface area contributed by atoms with Gasteiger partial charge in [0.05, 0.1) is 17.9 Å². The van der Waals surface area contributed by atoms with Crippen LogP contribution in [0.15, 0.2) is 23.2 Å². The lowest BCUT2D eigenvalue weighted by Crippen LogP contribution is -2.21. The van der Waals surface area contributed by atoms with Crippen molar-refractivity contribution in [2.75, 3.05) is 6.61 Å². The van der Waals surface area contributed by atoms with E-state index in [-0.39, 0.29) is 16.5 Å². The van der Waals surface area contributed by atoms with Crippen molar-refractivity contribution in [2.45, 2.75) is 26.4 Å². The third-order valence-corrected chi connectivity index (χ3v) is 2.31. The van der Waals surface area contributed by atoms with Gasteiger partial charge in [0.15, 0.2) is 0 Å². The van der Waals surface area contributed by atoms with Crippen molar-refractivity contribution in [1.29, 1.82) is 0 Å². The highest BCUT2D eigenvalue weighted by Gasteiger charge is 2.33. The molecule has 0 saturated carbocycles. The number of nitrogens with one attached hydrogen (secondary N) is 1. The molecule has 106 valence electrons. The SMILES string of the molecule is CCCONC(C)=Nc1ccc(Cl)cc1C(F)(F)F. The van der Waals surface area contributed by atoms with E-state index < -0.39 is 11.7 Å². The number of hydrogen-bond acceptors (Lipinski definition) is 2. The van der Waals surface area contributed by atoms with Crippen molar-refractivity contribution in [2.24, 2.45) is 4.99 Å². The molecule has 0 fully saturated rings. The van der Waals surface area contributed by atoms with Gasteiger partial charge in [0.25, 0.3) is 0 Å². The molecule has 0 atom stereocenters. The zero-order valence-corrected chi connectivity index (χ0v) is 11.3. The Balaban J connectivity index is 2.97. The van der Waals surface area contributed by atoms with Crippen LogP contribution in [0.4, 0.5) is 18.9 Å². The molecule has 1 N–H and O–H groups in total. The molecule has 0 aliphatic carbocycles. The molecule has 1 aromatic carbocycles. The molecule has 1 rings (SSSR count). The number of aliphatic imine (C=N–C) groups is 1. The first-order chi connectivity index (χ1) is 8.84.